The third-order valence-corrected chi connectivity index (χ3v) is 14.5. The molecule has 0 atom stereocenters. The van der Waals surface area contributed by atoms with Crippen LogP contribution in [0.5, 0.6) is 0 Å². The van der Waals surface area contributed by atoms with E-state index in [4.69, 9.17) is 4.98 Å². The summed E-state index contributed by atoms with van der Waals surface area (Å²) in [6.45, 7) is 9.46. The van der Waals surface area contributed by atoms with Crippen molar-refractivity contribution >= 4 is 49.6 Å². The van der Waals surface area contributed by atoms with Crippen molar-refractivity contribution in [3.8, 4) is 39.3 Å². The summed E-state index contributed by atoms with van der Waals surface area (Å²) in [7, 11) is 0. The molecule has 0 saturated heterocycles. The summed E-state index contributed by atoms with van der Waals surface area (Å²) in [5, 5.41) is 4.85. The SMILES string of the molecule is CCC1(CC)c2cc(-c3ccc(-c4nc5c6ccccc6c6ccccc6c5n4-c4ccccc4)cc3)ccc2-c2ccc(N3c4ccccc4C(C)(C)c4ccccc43)cc21. The monoisotopic (exact) mass is 797 g/mol. The van der Waals surface area contributed by atoms with Crippen LogP contribution >= 0.6 is 0 Å². The third-order valence-electron chi connectivity index (χ3n) is 14.5. The zero-order valence-electron chi connectivity index (χ0n) is 35.7. The van der Waals surface area contributed by atoms with Gasteiger partial charge in [-0.05, 0) is 111 Å². The van der Waals surface area contributed by atoms with Crippen LogP contribution in [-0.4, -0.2) is 9.55 Å². The van der Waals surface area contributed by atoms with E-state index in [9.17, 15) is 0 Å². The standard InChI is InChI=1S/C59H47N3/c1-5-59(6-2)51-36-40(32-34-45(51)46-35-33-42(37-52(46)59)61-53-26-16-14-24-49(53)58(3,4)50-25-15-17-27-54(50)61)38-28-30-39(31-29-38)57-60-55-47-22-12-10-20-43(47)44-21-11-13-23-48(44)56(55)62(57)41-18-8-7-9-19-41/h7-37H,5-6H2,1-4H3. The predicted octanol–water partition coefficient (Wildman–Crippen LogP) is 15.9. The number of rotatable bonds is 6. The highest BCUT2D eigenvalue weighted by atomic mass is 15.2. The van der Waals surface area contributed by atoms with Gasteiger partial charge in [0.15, 0.2) is 0 Å². The highest BCUT2D eigenvalue weighted by Gasteiger charge is 2.42. The van der Waals surface area contributed by atoms with Crippen LogP contribution in [0.1, 0.15) is 62.8 Å². The van der Waals surface area contributed by atoms with Gasteiger partial charge in [-0.1, -0.05) is 173 Å². The van der Waals surface area contributed by atoms with Crippen molar-refractivity contribution in [2.24, 2.45) is 0 Å². The smallest absolute Gasteiger partial charge is 0.145 e. The van der Waals surface area contributed by atoms with E-state index in [0.717, 1.165) is 41.0 Å². The summed E-state index contributed by atoms with van der Waals surface area (Å²) in [6, 6.07) is 69.6. The summed E-state index contributed by atoms with van der Waals surface area (Å²) in [4.78, 5) is 7.98. The van der Waals surface area contributed by atoms with Gasteiger partial charge in [-0.15, -0.1) is 0 Å². The Hall–Kier alpha value is -7.23. The molecule has 298 valence electrons. The second-order valence-electron chi connectivity index (χ2n) is 17.7. The lowest BCUT2D eigenvalue weighted by molar-refractivity contribution is 0.490. The number of aromatic nitrogens is 2. The first-order valence-corrected chi connectivity index (χ1v) is 22.2. The minimum Gasteiger partial charge on any atom is -0.310 e. The Morgan fingerprint density at radius 1 is 0.435 bits per heavy atom. The highest BCUT2D eigenvalue weighted by Crippen LogP contribution is 2.57. The second kappa shape index (κ2) is 13.6. The molecule has 10 aromatic rings. The second-order valence-corrected chi connectivity index (χ2v) is 17.7. The van der Waals surface area contributed by atoms with Gasteiger partial charge in [-0.2, -0.15) is 0 Å². The van der Waals surface area contributed by atoms with Crippen LogP contribution in [0.15, 0.2) is 188 Å². The normalized spacial score (nSPS) is 14.5. The van der Waals surface area contributed by atoms with Crippen LogP contribution in [0.3, 0.4) is 0 Å². The molecule has 3 nitrogen and oxygen atoms in total. The molecule has 0 radical (unpaired) electrons. The number of hydrogen-bond donors (Lipinski definition) is 0. The molecule has 9 aromatic carbocycles. The Bertz CT molecular complexity index is 3350. The Kier molecular flexibility index (Phi) is 8.05. The maximum Gasteiger partial charge on any atom is 0.145 e. The maximum absolute atomic E-state index is 5.48. The minimum atomic E-state index is -0.100. The van der Waals surface area contributed by atoms with Crippen LogP contribution in [0, 0.1) is 0 Å². The largest absolute Gasteiger partial charge is 0.310 e. The lowest BCUT2D eigenvalue weighted by Crippen LogP contribution is -2.30. The molecule has 0 bridgehead atoms. The molecule has 3 heteroatoms. The van der Waals surface area contributed by atoms with Crippen LogP contribution in [0.2, 0.25) is 0 Å². The van der Waals surface area contributed by atoms with Crippen LogP contribution in [0.4, 0.5) is 17.1 Å². The van der Waals surface area contributed by atoms with Gasteiger partial charge in [0.1, 0.15) is 5.82 Å². The lowest BCUT2D eigenvalue weighted by Gasteiger charge is -2.42. The fraction of sp³-hybridized carbons (Fsp3) is 0.136. The van der Waals surface area contributed by atoms with E-state index in [1.165, 1.54) is 83.1 Å². The molecule has 1 aromatic heterocycles. The van der Waals surface area contributed by atoms with E-state index in [2.05, 4.69) is 225 Å². The molecule has 0 unspecified atom stereocenters. The topological polar surface area (TPSA) is 21.1 Å². The fourth-order valence-electron chi connectivity index (χ4n) is 11.3. The summed E-state index contributed by atoms with van der Waals surface area (Å²) in [5.41, 5.74) is 18.6. The first kappa shape index (κ1) is 36.6. The number of para-hydroxylation sites is 3. The molecule has 0 amide bonds. The maximum atomic E-state index is 5.48. The summed E-state index contributed by atoms with van der Waals surface area (Å²) < 4.78 is 2.36. The van der Waals surface area contributed by atoms with Gasteiger partial charge in [0.05, 0.1) is 22.4 Å². The number of imidazole rings is 1. The zero-order valence-corrected chi connectivity index (χ0v) is 35.7. The van der Waals surface area contributed by atoms with E-state index < -0.39 is 0 Å². The van der Waals surface area contributed by atoms with Crippen molar-refractivity contribution in [2.75, 3.05) is 4.90 Å². The van der Waals surface area contributed by atoms with E-state index in [1.807, 2.05) is 0 Å². The van der Waals surface area contributed by atoms with Crippen molar-refractivity contribution in [1.82, 2.24) is 9.55 Å². The Morgan fingerprint density at radius 3 is 1.61 bits per heavy atom. The number of hydrogen-bond acceptors (Lipinski definition) is 2. The summed E-state index contributed by atoms with van der Waals surface area (Å²) in [6.07, 6.45) is 2.04. The molecule has 2 aliphatic rings. The zero-order chi connectivity index (χ0) is 41.7. The van der Waals surface area contributed by atoms with Gasteiger partial charge < -0.3 is 4.90 Å². The minimum absolute atomic E-state index is 0.0948. The molecular formula is C59H47N3. The Balaban J connectivity index is 0.962. The highest BCUT2D eigenvalue weighted by molar-refractivity contribution is 6.24. The molecule has 0 fully saturated rings. The first-order chi connectivity index (χ1) is 30.4. The fourth-order valence-corrected chi connectivity index (χ4v) is 11.3. The number of fused-ring (bicyclic) bond motifs is 11. The molecular weight excluding hydrogens is 751 g/mol. The van der Waals surface area contributed by atoms with Crippen molar-refractivity contribution in [1.29, 1.82) is 0 Å². The first-order valence-electron chi connectivity index (χ1n) is 22.2. The van der Waals surface area contributed by atoms with Crippen LogP contribution in [0.25, 0.3) is 71.9 Å². The molecule has 1 aliphatic carbocycles. The van der Waals surface area contributed by atoms with Gasteiger partial charge in [0, 0.05) is 38.5 Å². The molecule has 62 heavy (non-hydrogen) atoms. The van der Waals surface area contributed by atoms with Gasteiger partial charge in [-0.3, -0.25) is 4.57 Å². The van der Waals surface area contributed by atoms with Crippen LogP contribution in [-0.2, 0) is 10.8 Å². The van der Waals surface area contributed by atoms with Crippen molar-refractivity contribution in [3.63, 3.8) is 0 Å². The van der Waals surface area contributed by atoms with E-state index >= 15 is 0 Å². The average Bonchev–Trinajstić information content (AvgIpc) is 3.87. The molecule has 1 aliphatic heterocycles. The summed E-state index contributed by atoms with van der Waals surface area (Å²) >= 11 is 0. The Labute approximate surface area is 363 Å². The number of benzene rings is 9. The summed E-state index contributed by atoms with van der Waals surface area (Å²) in [5.74, 6) is 0.943. The van der Waals surface area contributed by atoms with E-state index in [0.29, 0.717) is 0 Å². The van der Waals surface area contributed by atoms with Gasteiger partial charge in [-0.25, -0.2) is 4.98 Å². The number of nitrogens with zero attached hydrogens (tertiary/aromatic N) is 3. The predicted molar refractivity (Wildman–Crippen MR) is 261 cm³/mol. The van der Waals surface area contributed by atoms with Gasteiger partial charge in [0.2, 0.25) is 0 Å². The van der Waals surface area contributed by atoms with Crippen molar-refractivity contribution < 1.29 is 0 Å². The Morgan fingerprint density at radius 2 is 0.952 bits per heavy atom. The molecule has 0 spiro atoms. The quantitative estimate of drug-likeness (QED) is 0.156. The average molecular weight is 798 g/mol. The number of anilines is 3. The third kappa shape index (κ3) is 5.09. The lowest BCUT2D eigenvalue weighted by atomic mass is 9.72. The molecule has 0 saturated carbocycles. The van der Waals surface area contributed by atoms with Crippen molar-refractivity contribution in [3.05, 3.63) is 210 Å². The van der Waals surface area contributed by atoms with E-state index in [-0.39, 0.29) is 10.8 Å². The van der Waals surface area contributed by atoms with E-state index in [1.54, 1.807) is 0 Å². The van der Waals surface area contributed by atoms with Gasteiger partial charge >= 0.3 is 0 Å². The van der Waals surface area contributed by atoms with Crippen molar-refractivity contribution in [2.45, 2.75) is 51.4 Å². The molecule has 12 rings (SSSR count). The molecule has 0 N–H and O–H groups in total. The van der Waals surface area contributed by atoms with Crippen LogP contribution < -0.4 is 4.90 Å². The van der Waals surface area contributed by atoms with Gasteiger partial charge in [0.25, 0.3) is 0 Å². The molecule has 2 heterocycles.